The van der Waals surface area contributed by atoms with Gasteiger partial charge in [0.05, 0.1) is 0 Å². The third-order valence-electron chi connectivity index (χ3n) is 3.47. The lowest BCUT2D eigenvalue weighted by Crippen LogP contribution is -2.12. The first-order valence-corrected chi connectivity index (χ1v) is 7.77. The van der Waals surface area contributed by atoms with E-state index in [2.05, 4.69) is 10.3 Å². The molecule has 3 rings (SSSR count). The summed E-state index contributed by atoms with van der Waals surface area (Å²) >= 11 is 6.08. The van der Waals surface area contributed by atoms with Gasteiger partial charge in [-0.1, -0.05) is 29.8 Å². The summed E-state index contributed by atoms with van der Waals surface area (Å²) in [5, 5.41) is 3.47. The minimum atomic E-state index is -0.230. The van der Waals surface area contributed by atoms with Crippen molar-refractivity contribution in [1.82, 2.24) is 4.98 Å². The van der Waals surface area contributed by atoms with Crippen LogP contribution in [0.15, 0.2) is 66.9 Å². The van der Waals surface area contributed by atoms with E-state index in [9.17, 15) is 4.79 Å². The Morgan fingerprint density at radius 1 is 1.08 bits per heavy atom. The lowest BCUT2D eigenvalue weighted by Gasteiger charge is -2.10. The lowest BCUT2D eigenvalue weighted by atomic mass is 10.1. The fourth-order valence-corrected chi connectivity index (χ4v) is 2.34. The summed E-state index contributed by atoms with van der Waals surface area (Å²) in [6, 6.07) is 17.7. The smallest absolute Gasteiger partial charge is 0.255 e. The van der Waals surface area contributed by atoms with E-state index in [1.807, 2.05) is 25.1 Å². The molecular weight excluding hydrogens is 324 g/mol. The molecule has 0 saturated heterocycles. The normalized spacial score (nSPS) is 10.2. The first-order chi connectivity index (χ1) is 11.6. The number of nitrogens with zero attached hydrogens (tertiary/aromatic N) is 1. The maximum Gasteiger partial charge on any atom is 0.255 e. The number of ether oxygens (including phenoxy) is 1. The first kappa shape index (κ1) is 16.0. The molecule has 1 N–H and O–H groups in total. The summed E-state index contributed by atoms with van der Waals surface area (Å²) in [6.45, 7) is 1.86. The van der Waals surface area contributed by atoms with Gasteiger partial charge in [-0.05, 0) is 48.9 Å². The van der Waals surface area contributed by atoms with Crippen molar-refractivity contribution in [2.24, 2.45) is 0 Å². The molecule has 2 aromatic carbocycles. The molecule has 120 valence electrons. The Labute approximate surface area is 145 Å². The number of halogens is 1. The van der Waals surface area contributed by atoms with E-state index in [1.54, 1.807) is 48.7 Å². The fourth-order valence-electron chi connectivity index (χ4n) is 2.17. The molecule has 1 aromatic heterocycles. The summed E-state index contributed by atoms with van der Waals surface area (Å²) in [5.41, 5.74) is 2.00. The summed E-state index contributed by atoms with van der Waals surface area (Å²) < 4.78 is 5.65. The fraction of sp³-hybridized carbons (Fsp3) is 0.0526. The van der Waals surface area contributed by atoms with Crippen LogP contribution in [0.25, 0.3) is 0 Å². The predicted molar refractivity (Wildman–Crippen MR) is 94.9 cm³/mol. The number of carbonyl (C=O) groups is 1. The van der Waals surface area contributed by atoms with E-state index in [-0.39, 0.29) is 5.91 Å². The number of hydrogen-bond acceptors (Lipinski definition) is 3. The van der Waals surface area contributed by atoms with Crippen LogP contribution in [0.1, 0.15) is 15.9 Å². The monoisotopic (exact) mass is 338 g/mol. The zero-order valence-electron chi connectivity index (χ0n) is 13.0. The first-order valence-electron chi connectivity index (χ1n) is 7.39. The molecule has 1 heterocycles. The Bertz CT molecular complexity index is 866. The van der Waals surface area contributed by atoms with Crippen LogP contribution < -0.4 is 10.1 Å². The van der Waals surface area contributed by atoms with E-state index in [0.29, 0.717) is 27.9 Å². The van der Waals surface area contributed by atoms with Gasteiger partial charge in [0, 0.05) is 28.5 Å². The van der Waals surface area contributed by atoms with Gasteiger partial charge in [0.1, 0.15) is 5.75 Å². The van der Waals surface area contributed by atoms with Crippen LogP contribution in [-0.2, 0) is 0 Å². The highest BCUT2D eigenvalue weighted by atomic mass is 35.5. The van der Waals surface area contributed by atoms with Crippen molar-refractivity contribution < 1.29 is 9.53 Å². The number of pyridine rings is 1. The highest BCUT2D eigenvalue weighted by molar-refractivity contribution is 6.31. The van der Waals surface area contributed by atoms with Gasteiger partial charge in [-0.3, -0.25) is 4.79 Å². The van der Waals surface area contributed by atoms with E-state index in [4.69, 9.17) is 16.3 Å². The molecule has 0 radical (unpaired) electrons. The molecule has 5 heteroatoms. The van der Waals surface area contributed by atoms with Gasteiger partial charge in [0.15, 0.2) is 0 Å². The molecule has 0 atom stereocenters. The Balaban J connectivity index is 1.78. The van der Waals surface area contributed by atoms with Gasteiger partial charge in [-0.2, -0.15) is 0 Å². The van der Waals surface area contributed by atoms with Crippen molar-refractivity contribution in [2.75, 3.05) is 5.32 Å². The van der Waals surface area contributed by atoms with Gasteiger partial charge in [-0.15, -0.1) is 0 Å². The molecule has 4 nitrogen and oxygen atoms in total. The molecule has 0 fully saturated rings. The quantitative estimate of drug-likeness (QED) is 0.721. The topological polar surface area (TPSA) is 51.2 Å². The molecule has 0 aliphatic heterocycles. The van der Waals surface area contributed by atoms with Crippen molar-refractivity contribution >= 4 is 23.2 Å². The molecule has 0 saturated carbocycles. The number of anilines is 1. The number of carbonyl (C=O) groups excluding carboxylic acids is 1. The third-order valence-corrected chi connectivity index (χ3v) is 3.88. The Morgan fingerprint density at radius 2 is 1.92 bits per heavy atom. The van der Waals surface area contributed by atoms with Gasteiger partial charge in [-0.25, -0.2) is 4.98 Å². The Kier molecular flexibility index (Phi) is 4.77. The number of nitrogens with one attached hydrogen (secondary N) is 1. The van der Waals surface area contributed by atoms with E-state index >= 15 is 0 Å². The van der Waals surface area contributed by atoms with Gasteiger partial charge in [0.2, 0.25) is 5.88 Å². The van der Waals surface area contributed by atoms with Crippen LogP contribution in [0, 0.1) is 6.92 Å². The Morgan fingerprint density at radius 3 is 2.71 bits per heavy atom. The SMILES string of the molecule is Cc1c(Cl)cccc1NC(=O)c1cccc(Oc2ccccn2)c1. The summed E-state index contributed by atoms with van der Waals surface area (Å²) in [4.78, 5) is 16.6. The average molecular weight is 339 g/mol. The molecule has 0 aliphatic rings. The number of hydrogen-bond donors (Lipinski definition) is 1. The highest BCUT2D eigenvalue weighted by Gasteiger charge is 2.10. The maximum atomic E-state index is 12.5. The average Bonchev–Trinajstić information content (AvgIpc) is 2.60. The second-order valence-corrected chi connectivity index (χ2v) is 5.57. The summed E-state index contributed by atoms with van der Waals surface area (Å²) in [5.74, 6) is 0.789. The van der Waals surface area contributed by atoms with E-state index in [1.165, 1.54) is 0 Å². The van der Waals surface area contributed by atoms with Gasteiger partial charge < -0.3 is 10.1 Å². The molecule has 3 aromatic rings. The molecular formula is C19H15ClN2O2. The number of rotatable bonds is 4. The van der Waals surface area contributed by atoms with Crippen LogP contribution in [-0.4, -0.2) is 10.9 Å². The second-order valence-electron chi connectivity index (χ2n) is 5.16. The molecule has 0 spiro atoms. The largest absolute Gasteiger partial charge is 0.439 e. The van der Waals surface area contributed by atoms with Crippen molar-refractivity contribution in [1.29, 1.82) is 0 Å². The molecule has 0 aliphatic carbocycles. The minimum Gasteiger partial charge on any atom is -0.439 e. The van der Waals surface area contributed by atoms with Gasteiger partial charge >= 0.3 is 0 Å². The van der Waals surface area contributed by atoms with Crippen molar-refractivity contribution in [2.45, 2.75) is 6.92 Å². The third kappa shape index (κ3) is 3.73. The predicted octanol–water partition coefficient (Wildman–Crippen LogP) is 5.09. The highest BCUT2D eigenvalue weighted by Crippen LogP contribution is 2.24. The lowest BCUT2D eigenvalue weighted by molar-refractivity contribution is 0.102. The van der Waals surface area contributed by atoms with Crippen LogP contribution in [0.3, 0.4) is 0 Å². The van der Waals surface area contributed by atoms with Crippen LogP contribution in [0.4, 0.5) is 5.69 Å². The molecule has 24 heavy (non-hydrogen) atoms. The Hall–Kier alpha value is -2.85. The number of amides is 1. The van der Waals surface area contributed by atoms with Crippen molar-refractivity contribution in [3.8, 4) is 11.6 Å². The van der Waals surface area contributed by atoms with Crippen molar-refractivity contribution in [3.05, 3.63) is 83.0 Å². The van der Waals surface area contributed by atoms with E-state index in [0.717, 1.165) is 5.56 Å². The minimum absolute atomic E-state index is 0.230. The summed E-state index contributed by atoms with van der Waals surface area (Å²) in [7, 11) is 0. The number of aromatic nitrogens is 1. The zero-order valence-corrected chi connectivity index (χ0v) is 13.7. The standard InChI is InChI=1S/C19H15ClN2O2/c1-13-16(20)8-5-9-17(13)22-19(23)14-6-4-7-15(12-14)24-18-10-2-3-11-21-18/h2-12H,1H3,(H,22,23). The van der Waals surface area contributed by atoms with Crippen LogP contribution in [0.2, 0.25) is 5.02 Å². The summed E-state index contributed by atoms with van der Waals surface area (Å²) in [6.07, 6.45) is 1.65. The molecule has 0 bridgehead atoms. The van der Waals surface area contributed by atoms with Gasteiger partial charge in [0.25, 0.3) is 5.91 Å². The second kappa shape index (κ2) is 7.15. The van der Waals surface area contributed by atoms with Crippen molar-refractivity contribution in [3.63, 3.8) is 0 Å². The zero-order chi connectivity index (χ0) is 16.9. The molecule has 0 unspecified atom stereocenters. The maximum absolute atomic E-state index is 12.5. The molecule has 1 amide bonds. The van der Waals surface area contributed by atoms with Crippen LogP contribution in [0.5, 0.6) is 11.6 Å². The number of benzene rings is 2. The van der Waals surface area contributed by atoms with E-state index < -0.39 is 0 Å². The van der Waals surface area contributed by atoms with Crippen LogP contribution >= 0.6 is 11.6 Å².